The van der Waals surface area contributed by atoms with Crippen molar-refractivity contribution in [2.75, 3.05) is 11.9 Å². The maximum Gasteiger partial charge on any atom is 0.128 e. The van der Waals surface area contributed by atoms with Gasteiger partial charge in [-0.2, -0.15) is 5.26 Å². The molecule has 0 radical (unpaired) electrons. The first-order chi connectivity index (χ1) is 10.1. The van der Waals surface area contributed by atoms with Crippen molar-refractivity contribution >= 4 is 28.3 Å². The van der Waals surface area contributed by atoms with Crippen LogP contribution in [0.2, 0.25) is 5.02 Å². The molecule has 5 heteroatoms. The molecule has 21 heavy (non-hydrogen) atoms. The highest BCUT2D eigenvalue weighted by Gasteiger charge is 2.25. The number of aliphatic hydroxyl groups is 1. The van der Waals surface area contributed by atoms with Crippen LogP contribution >= 0.6 is 11.6 Å². The van der Waals surface area contributed by atoms with Gasteiger partial charge in [0.15, 0.2) is 0 Å². The van der Waals surface area contributed by atoms with E-state index >= 15 is 0 Å². The molecule has 0 fully saturated rings. The number of anilines is 1. The fourth-order valence-electron chi connectivity index (χ4n) is 2.32. The van der Waals surface area contributed by atoms with Gasteiger partial charge >= 0.3 is 0 Å². The summed E-state index contributed by atoms with van der Waals surface area (Å²) in [5.41, 5.74) is 0.809. The number of nitrogens with zero attached hydrogens (tertiary/aromatic N) is 2. The van der Waals surface area contributed by atoms with Gasteiger partial charge in [0.05, 0.1) is 29.3 Å². The van der Waals surface area contributed by atoms with Gasteiger partial charge in [0.25, 0.3) is 0 Å². The van der Waals surface area contributed by atoms with Crippen molar-refractivity contribution in [2.45, 2.75) is 32.2 Å². The predicted octanol–water partition coefficient (Wildman–Crippen LogP) is 3.72. The number of nitrogens with one attached hydrogen (secondary N) is 1. The number of nitriles is 1. The van der Waals surface area contributed by atoms with Gasteiger partial charge in [-0.1, -0.05) is 25.4 Å². The molecule has 110 valence electrons. The number of pyridine rings is 1. The monoisotopic (exact) mass is 303 g/mol. The van der Waals surface area contributed by atoms with E-state index in [9.17, 15) is 10.4 Å². The van der Waals surface area contributed by atoms with Crippen molar-refractivity contribution in [1.82, 2.24) is 4.98 Å². The molecule has 0 atom stereocenters. The van der Waals surface area contributed by atoms with Crippen LogP contribution in [0.5, 0.6) is 0 Å². The molecule has 2 aromatic rings. The van der Waals surface area contributed by atoms with Gasteiger partial charge in [0.2, 0.25) is 0 Å². The van der Waals surface area contributed by atoms with Crippen LogP contribution in [-0.4, -0.2) is 22.2 Å². The standard InChI is InChI=1S/C16H18ClN3O/c1-3-16(4-2,10-21)20-15-7-11(9-18)13-8-12(17)5-6-14(13)19-15/h5-8,21H,3-4,10H2,1-2H3,(H,19,20). The molecular formula is C16H18ClN3O. The number of aromatic nitrogens is 1. The highest BCUT2D eigenvalue weighted by molar-refractivity contribution is 6.31. The zero-order chi connectivity index (χ0) is 15.5. The third kappa shape index (κ3) is 3.10. The average molecular weight is 304 g/mol. The molecule has 2 rings (SSSR count). The Morgan fingerprint density at radius 2 is 2.05 bits per heavy atom. The van der Waals surface area contributed by atoms with E-state index in [1.54, 1.807) is 24.3 Å². The number of hydrogen-bond donors (Lipinski definition) is 2. The van der Waals surface area contributed by atoms with Crippen LogP contribution in [0.15, 0.2) is 24.3 Å². The molecule has 2 N–H and O–H groups in total. The molecule has 0 amide bonds. The zero-order valence-corrected chi connectivity index (χ0v) is 12.9. The molecule has 1 aromatic heterocycles. The number of rotatable bonds is 5. The van der Waals surface area contributed by atoms with E-state index in [0.717, 1.165) is 18.2 Å². The van der Waals surface area contributed by atoms with E-state index in [1.165, 1.54) is 0 Å². The third-order valence-electron chi connectivity index (χ3n) is 3.94. The molecule has 0 aliphatic carbocycles. The summed E-state index contributed by atoms with van der Waals surface area (Å²) < 4.78 is 0. The summed E-state index contributed by atoms with van der Waals surface area (Å²) >= 11 is 5.98. The molecular weight excluding hydrogens is 286 g/mol. The van der Waals surface area contributed by atoms with Crippen LogP contribution < -0.4 is 5.32 Å². The summed E-state index contributed by atoms with van der Waals surface area (Å²) in [6.45, 7) is 4.04. The minimum Gasteiger partial charge on any atom is -0.394 e. The lowest BCUT2D eigenvalue weighted by molar-refractivity contribution is 0.202. The fraction of sp³-hybridized carbons (Fsp3) is 0.375. The summed E-state index contributed by atoms with van der Waals surface area (Å²) in [5, 5.41) is 23.6. The minimum absolute atomic E-state index is 0.0161. The van der Waals surface area contributed by atoms with E-state index < -0.39 is 5.54 Å². The lowest BCUT2D eigenvalue weighted by Crippen LogP contribution is -2.41. The van der Waals surface area contributed by atoms with Gasteiger partial charge in [0, 0.05) is 10.4 Å². The first-order valence-electron chi connectivity index (χ1n) is 6.97. The van der Waals surface area contributed by atoms with Crippen molar-refractivity contribution in [3.8, 4) is 6.07 Å². The van der Waals surface area contributed by atoms with Crippen LogP contribution in [0.1, 0.15) is 32.3 Å². The molecule has 0 spiro atoms. The molecule has 0 bridgehead atoms. The quantitative estimate of drug-likeness (QED) is 0.883. The highest BCUT2D eigenvalue weighted by Crippen LogP contribution is 2.26. The van der Waals surface area contributed by atoms with E-state index in [0.29, 0.717) is 21.9 Å². The fourth-order valence-corrected chi connectivity index (χ4v) is 2.49. The Bertz CT molecular complexity index is 681. The number of aliphatic hydroxyl groups excluding tert-OH is 1. The van der Waals surface area contributed by atoms with E-state index in [-0.39, 0.29) is 6.61 Å². The van der Waals surface area contributed by atoms with Crippen molar-refractivity contribution in [2.24, 2.45) is 0 Å². The summed E-state index contributed by atoms with van der Waals surface area (Å²) in [6.07, 6.45) is 1.53. The van der Waals surface area contributed by atoms with Gasteiger partial charge in [-0.25, -0.2) is 4.98 Å². The van der Waals surface area contributed by atoms with Gasteiger partial charge in [-0.05, 0) is 37.1 Å². The summed E-state index contributed by atoms with van der Waals surface area (Å²) in [4.78, 5) is 4.52. The lowest BCUT2D eigenvalue weighted by Gasteiger charge is -2.31. The number of fused-ring (bicyclic) bond motifs is 1. The SMILES string of the molecule is CCC(CC)(CO)Nc1cc(C#N)c2cc(Cl)ccc2n1. The molecule has 4 nitrogen and oxygen atoms in total. The van der Waals surface area contributed by atoms with Crippen LogP contribution in [0, 0.1) is 11.3 Å². The van der Waals surface area contributed by atoms with Crippen LogP contribution in [0.25, 0.3) is 10.9 Å². The van der Waals surface area contributed by atoms with Gasteiger partial charge in [0.1, 0.15) is 5.82 Å². The van der Waals surface area contributed by atoms with Gasteiger partial charge < -0.3 is 10.4 Å². The molecule has 0 aliphatic rings. The summed E-state index contributed by atoms with van der Waals surface area (Å²) in [6, 6.07) is 9.16. The first kappa shape index (κ1) is 15.6. The second-order valence-electron chi connectivity index (χ2n) is 5.10. The van der Waals surface area contributed by atoms with Crippen molar-refractivity contribution < 1.29 is 5.11 Å². The Kier molecular flexibility index (Phi) is 4.66. The second kappa shape index (κ2) is 6.30. The maximum atomic E-state index is 9.64. The molecule has 1 aromatic carbocycles. The lowest BCUT2D eigenvalue weighted by atomic mass is 9.94. The van der Waals surface area contributed by atoms with Crippen LogP contribution in [0.3, 0.4) is 0 Å². The van der Waals surface area contributed by atoms with Crippen LogP contribution in [-0.2, 0) is 0 Å². The summed E-state index contributed by atoms with van der Waals surface area (Å²) in [7, 11) is 0. The Labute approximate surface area is 129 Å². The minimum atomic E-state index is -0.417. The van der Waals surface area contributed by atoms with Crippen LogP contribution in [0.4, 0.5) is 5.82 Å². The Balaban J connectivity index is 2.52. The van der Waals surface area contributed by atoms with Crippen molar-refractivity contribution in [1.29, 1.82) is 5.26 Å². The smallest absolute Gasteiger partial charge is 0.128 e. The topological polar surface area (TPSA) is 68.9 Å². The molecule has 0 saturated carbocycles. The maximum absolute atomic E-state index is 9.64. The number of halogens is 1. The van der Waals surface area contributed by atoms with E-state index in [2.05, 4.69) is 16.4 Å². The largest absolute Gasteiger partial charge is 0.394 e. The Hall–Kier alpha value is -1.83. The zero-order valence-electron chi connectivity index (χ0n) is 12.2. The third-order valence-corrected chi connectivity index (χ3v) is 4.18. The predicted molar refractivity (Wildman–Crippen MR) is 85.5 cm³/mol. The average Bonchev–Trinajstić information content (AvgIpc) is 2.52. The Morgan fingerprint density at radius 1 is 1.33 bits per heavy atom. The molecule has 0 aliphatic heterocycles. The molecule has 0 saturated heterocycles. The number of hydrogen-bond acceptors (Lipinski definition) is 4. The second-order valence-corrected chi connectivity index (χ2v) is 5.54. The number of benzene rings is 1. The summed E-state index contributed by atoms with van der Waals surface area (Å²) in [5.74, 6) is 0.596. The highest BCUT2D eigenvalue weighted by atomic mass is 35.5. The molecule has 1 heterocycles. The van der Waals surface area contributed by atoms with Gasteiger partial charge in [-0.15, -0.1) is 0 Å². The van der Waals surface area contributed by atoms with Gasteiger partial charge in [-0.3, -0.25) is 0 Å². The van der Waals surface area contributed by atoms with Crippen molar-refractivity contribution in [3.63, 3.8) is 0 Å². The van der Waals surface area contributed by atoms with E-state index in [1.807, 2.05) is 13.8 Å². The first-order valence-corrected chi connectivity index (χ1v) is 7.34. The van der Waals surface area contributed by atoms with E-state index in [4.69, 9.17) is 11.6 Å². The normalized spacial score (nSPS) is 11.4. The van der Waals surface area contributed by atoms with Crippen molar-refractivity contribution in [3.05, 3.63) is 34.9 Å². The molecule has 0 unspecified atom stereocenters. The Morgan fingerprint density at radius 3 is 2.62 bits per heavy atom.